The van der Waals surface area contributed by atoms with Crippen molar-refractivity contribution >= 4 is 17.7 Å². The molecule has 1 N–H and O–H groups in total. The summed E-state index contributed by atoms with van der Waals surface area (Å²) in [6, 6.07) is 6.08. The number of benzene rings is 1. The lowest BCUT2D eigenvalue weighted by molar-refractivity contribution is -0.121. The van der Waals surface area contributed by atoms with Gasteiger partial charge in [0.1, 0.15) is 5.82 Å². The molecule has 1 aromatic carbocycles. The Morgan fingerprint density at radius 1 is 1.36 bits per heavy atom. The molecule has 0 spiro atoms. The molecule has 7 heteroatoms. The molecule has 0 aliphatic carbocycles. The molecule has 134 valence electrons. The largest absolute Gasteiger partial charge is 0.351 e. The molecule has 2 aromatic rings. The number of hydrogen-bond donors (Lipinski definition) is 1. The van der Waals surface area contributed by atoms with Gasteiger partial charge in [0.2, 0.25) is 5.91 Å². The minimum atomic E-state index is -0.326. The average molecular weight is 362 g/mol. The van der Waals surface area contributed by atoms with Crippen molar-refractivity contribution in [3.05, 3.63) is 42.7 Å². The monoisotopic (exact) mass is 362 g/mol. The number of carbonyl (C=O) groups is 1. The van der Waals surface area contributed by atoms with Gasteiger partial charge in [-0.2, -0.15) is 0 Å². The summed E-state index contributed by atoms with van der Waals surface area (Å²) < 4.78 is 15.0. The summed E-state index contributed by atoms with van der Waals surface area (Å²) >= 11 is 1.33. The quantitative estimate of drug-likeness (QED) is 0.629. The highest BCUT2D eigenvalue weighted by Gasteiger charge is 2.23. The first-order valence-electron chi connectivity index (χ1n) is 8.00. The van der Waals surface area contributed by atoms with E-state index in [-0.39, 0.29) is 22.5 Å². The van der Waals surface area contributed by atoms with E-state index in [9.17, 15) is 9.18 Å². The van der Waals surface area contributed by atoms with Crippen LogP contribution >= 0.6 is 11.8 Å². The fourth-order valence-corrected chi connectivity index (χ4v) is 3.02. The number of thioether (sulfide) groups is 1. The topological polar surface area (TPSA) is 59.8 Å². The number of halogens is 1. The Kier molecular flexibility index (Phi) is 6.00. The van der Waals surface area contributed by atoms with Gasteiger partial charge in [0, 0.05) is 17.6 Å². The van der Waals surface area contributed by atoms with Crippen LogP contribution in [0, 0.1) is 5.82 Å². The molecular formula is C18H23FN4OS. The van der Waals surface area contributed by atoms with Crippen LogP contribution in [0.2, 0.25) is 0 Å². The molecule has 1 atom stereocenters. The molecule has 1 amide bonds. The van der Waals surface area contributed by atoms with Gasteiger partial charge in [0.05, 0.1) is 5.25 Å². The van der Waals surface area contributed by atoms with Gasteiger partial charge in [-0.05, 0) is 52.0 Å². The molecule has 0 radical (unpaired) electrons. The van der Waals surface area contributed by atoms with E-state index < -0.39 is 0 Å². The first kappa shape index (κ1) is 19.2. The molecule has 1 aromatic heterocycles. The third-order valence-electron chi connectivity index (χ3n) is 3.28. The summed E-state index contributed by atoms with van der Waals surface area (Å²) in [5, 5.41) is 11.7. The van der Waals surface area contributed by atoms with E-state index in [0.717, 1.165) is 5.56 Å². The van der Waals surface area contributed by atoms with Crippen molar-refractivity contribution in [3.8, 4) is 11.4 Å². The lowest BCUT2D eigenvalue weighted by atomic mass is 10.1. The van der Waals surface area contributed by atoms with Crippen molar-refractivity contribution in [1.29, 1.82) is 0 Å². The number of nitrogens with one attached hydrogen (secondary N) is 1. The second-order valence-corrected chi connectivity index (χ2v) is 8.02. The van der Waals surface area contributed by atoms with Gasteiger partial charge in [-0.25, -0.2) is 4.39 Å². The first-order chi connectivity index (χ1) is 11.7. The number of amides is 1. The van der Waals surface area contributed by atoms with Crippen molar-refractivity contribution in [2.24, 2.45) is 0 Å². The fraction of sp³-hybridized carbons (Fsp3) is 0.389. The Morgan fingerprint density at radius 3 is 2.56 bits per heavy atom. The molecule has 0 saturated heterocycles. The molecule has 0 aliphatic rings. The van der Waals surface area contributed by atoms with Crippen LogP contribution in [0.15, 0.2) is 42.1 Å². The van der Waals surface area contributed by atoms with Gasteiger partial charge in [-0.1, -0.05) is 17.8 Å². The number of aromatic nitrogens is 3. The van der Waals surface area contributed by atoms with Crippen LogP contribution in [0.4, 0.5) is 4.39 Å². The molecule has 0 saturated carbocycles. The van der Waals surface area contributed by atoms with Crippen LogP contribution in [0.5, 0.6) is 0 Å². The smallest absolute Gasteiger partial charge is 0.233 e. The first-order valence-corrected chi connectivity index (χ1v) is 8.88. The molecule has 1 heterocycles. The van der Waals surface area contributed by atoms with Gasteiger partial charge in [-0.3, -0.25) is 9.36 Å². The summed E-state index contributed by atoms with van der Waals surface area (Å²) in [6.45, 7) is 11.9. The van der Waals surface area contributed by atoms with Gasteiger partial charge in [-0.15, -0.1) is 16.8 Å². The maximum atomic E-state index is 13.1. The standard InChI is InChI=1S/C18H23FN4OS/c1-6-11-23-15(13-7-9-14(19)10-8-13)21-22-17(23)25-12(2)16(24)20-18(3,4)5/h6-10,12H,1,11H2,2-5H3,(H,20,24)/t12-/m0/s1. The summed E-state index contributed by atoms with van der Waals surface area (Å²) in [6.07, 6.45) is 1.74. The van der Waals surface area contributed by atoms with Crippen molar-refractivity contribution < 1.29 is 9.18 Å². The number of carbonyl (C=O) groups excluding carboxylic acids is 1. The zero-order valence-electron chi connectivity index (χ0n) is 14.9. The van der Waals surface area contributed by atoms with E-state index >= 15 is 0 Å². The summed E-state index contributed by atoms with van der Waals surface area (Å²) in [4.78, 5) is 12.3. The maximum absolute atomic E-state index is 13.1. The van der Waals surface area contributed by atoms with E-state index in [1.807, 2.05) is 32.3 Å². The predicted molar refractivity (Wildman–Crippen MR) is 98.8 cm³/mol. The zero-order valence-corrected chi connectivity index (χ0v) is 15.7. The van der Waals surface area contributed by atoms with E-state index in [1.165, 1.54) is 23.9 Å². The van der Waals surface area contributed by atoms with Crippen LogP contribution in [-0.4, -0.2) is 31.5 Å². The SMILES string of the molecule is C=CCn1c(S[C@@H](C)C(=O)NC(C)(C)C)nnc1-c1ccc(F)cc1. The minimum absolute atomic E-state index is 0.0611. The predicted octanol–water partition coefficient (Wildman–Crippen LogP) is 3.67. The van der Waals surface area contributed by atoms with E-state index in [1.54, 1.807) is 18.2 Å². The molecule has 0 aliphatic heterocycles. The summed E-state index contributed by atoms with van der Waals surface area (Å²) in [5.74, 6) is 0.250. The average Bonchev–Trinajstić information content (AvgIpc) is 2.89. The van der Waals surface area contributed by atoms with Crippen LogP contribution < -0.4 is 5.32 Å². The zero-order chi connectivity index (χ0) is 18.6. The van der Waals surface area contributed by atoms with E-state index in [0.29, 0.717) is 17.5 Å². The Labute approximate surface area is 151 Å². The van der Waals surface area contributed by atoms with Gasteiger partial charge in [0.15, 0.2) is 11.0 Å². The van der Waals surface area contributed by atoms with Crippen LogP contribution in [0.3, 0.4) is 0 Å². The third kappa shape index (κ3) is 5.16. The maximum Gasteiger partial charge on any atom is 0.233 e. The van der Waals surface area contributed by atoms with Crippen molar-refractivity contribution in [1.82, 2.24) is 20.1 Å². The van der Waals surface area contributed by atoms with E-state index in [4.69, 9.17) is 0 Å². The lowest BCUT2D eigenvalue weighted by Gasteiger charge is -2.22. The second kappa shape index (κ2) is 7.82. The van der Waals surface area contributed by atoms with Crippen LogP contribution in [0.1, 0.15) is 27.7 Å². The van der Waals surface area contributed by atoms with Crippen LogP contribution in [-0.2, 0) is 11.3 Å². The Bertz CT molecular complexity index is 749. The van der Waals surface area contributed by atoms with Crippen molar-refractivity contribution in [2.75, 3.05) is 0 Å². The fourth-order valence-electron chi connectivity index (χ4n) is 2.16. The lowest BCUT2D eigenvalue weighted by Crippen LogP contribution is -2.44. The summed E-state index contributed by atoms with van der Waals surface area (Å²) in [7, 11) is 0. The highest BCUT2D eigenvalue weighted by molar-refractivity contribution is 8.00. The number of allylic oxidation sites excluding steroid dienone is 1. The normalized spacial score (nSPS) is 12.7. The molecule has 25 heavy (non-hydrogen) atoms. The number of nitrogens with zero attached hydrogens (tertiary/aromatic N) is 3. The molecule has 2 rings (SSSR count). The molecule has 0 fully saturated rings. The molecular weight excluding hydrogens is 339 g/mol. The van der Waals surface area contributed by atoms with Gasteiger partial charge < -0.3 is 5.32 Å². The Hall–Kier alpha value is -2.15. The van der Waals surface area contributed by atoms with E-state index in [2.05, 4.69) is 22.1 Å². The second-order valence-electron chi connectivity index (χ2n) is 6.71. The van der Waals surface area contributed by atoms with Crippen molar-refractivity contribution in [2.45, 2.75) is 50.2 Å². The number of hydrogen-bond acceptors (Lipinski definition) is 4. The van der Waals surface area contributed by atoms with Crippen LogP contribution in [0.25, 0.3) is 11.4 Å². The summed E-state index contributed by atoms with van der Waals surface area (Å²) in [5.41, 5.74) is 0.467. The number of rotatable bonds is 6. The van der Waals surface area contributed by atoms with Gasteiger partial charge >= 0.3 is 0 Å². The highest BCUT2D eigenvalue weighted by Crippen LogP contribution is 2.27. The molecule has 0 bridgehead atoms. The van der Waals surface area contributed by atoms with Crippen molar-refractivity contribution in [3.63, 3.8) is 0 Å². The Morgan fingerprint density at radius 2 is 2.00 bits per heavy atom. The Balaban J connectivity index is 2.25. The molecule has 5 nitrogen and oxygen atoms in total. The van der Waals surface area contributed by atoms with Gasteiger partial charge in [0.25, 0.3) is 0 Å². The third-order valence-corrected chi connectivity index (χ3v) is 4.36. The molecule has 0 unspecified atom stereocenters. The minimum Gasteiger partial charge on any atom is -0.351 e. The highest BCUT2D eigenvalue weighted by atomic mass is 32.2.